The van der Waals surface area contributed by atoms with Crippen LogP contribution in [0, 0.1) is 11.8 Å². The highest BCUT2D eigenvalue weighted by Crippen LogP contribution is 2.24. The van der Waals surface area contributed by atoms with E-state index in [9.17, 15) is 9.90 Å². The van der Waals surface area contributed by atoms with Gasteiger partial charge in [0.25, 0.3) is 0 Å². The number of rotatable bonds is 8. The SMILES string of the molecule is CC(CC(=O)NCC(O)COc1ccccc1Br)C1CCNCC1. The van der Waals surface area contributed by atoms with Crippen molar-refractivity contribution >= 4 is 21.8 Å². The third-order valence-corrected chi connectivity index (χ3v) is 5.15. The fraction of sp³-hybridized carbons (Fsp3) is 0.611. The monoisotopic (exact) mass is 398 g/mol. The van der Waals surface area contributed by atoms with Crippen LogP contribution < -0.4 is 15.4 Å². The maximum atomic E-state index is 12.0. The number of nitrogens with one attached hydrogen (secondary N) is 2. The Labute approximate surface area is 152 Å². The van der Waals surface area contributed by atoms with Crippen LogP contribution in [0.15, 0.2) is 28.7 Å². The summed E-state index contributed by atoms with van der Waals surface area (Å²) < 4.78 is 6.40. The Morgan fingerprint density at radius 1 is 1.42 bits per heavy atom. The van der Waals surface area contributed by atoms with Gasteiger partial charge in [-0.05, 0) is 65.8 Å². The molecule has 2 unspecified atom stereocenters. The molecule has 1 aromatic rings. The number of benzene rings is 1. The van der Waals surface area contributed by atoms with E-state index < -0.39 is 6.10 Å². The third kappa shape index (κ3) is 6.42. The van der Waals surface area contributed by atoms with Crippen LogP contribution in [0.3, 0.4) is 0 Å². The molecule has 2 rings (SSSR count). The molecule has 0 radical (unpaired) electrons. The second kappa shape index (κ2) is 10.0. The molecular weight excluding hydrogens is 372 g/mol. The highest BCUT2D eigenvalue weighted by molar-refractivity contribution is 9.10. The predicted octanol–water partition coefficient (Wildman–Crippen LogP) is 2.33. The Morgan fingerprint density at radius 2 is 2.12 bits per heavy atom. The summed E-state index contributed by atoms with van der Waals surface area (Å²) in [5.41, 5.74) is 0. The molecule has 1 aromatic carbocycles. The number of hydrogen-bond acceptors (Lipinski definition) is 4. The first-order valence-electron chi connectivity index (χ1n) is 8.59. The van der Waals surface area contributed by atoms with Crippen molar-refractivity contribution in [1.82, 2.24) is 10.6 Å². The minimum absolute atomic E-state index is 0.000902. The van der Waals surface area contributed by atoms with Crippen molar-refractivity contribution in [2.45, 2.75) is 32.3 Å². The molecule has 0 aliphatic carbocycles. The van der Waals surface area contributed by atoms with Gasteiger partial charge in [-0.1, -0.05) is 19.1 Å². The Morgan fingerprint density at radius 3 is 2.83 bits per heavy atom. The second-order valence-corrected chi connectivity index (χ2v) is 7.32. The van der Waals surface area contributed by atoms with E-state index in [4.69, 9.17) is 4.74 Å². The molecule has 3 N–H and O–H groups in total. The number of para-hydroxylation sites is 1. The van der Waals surface area contributed by atoms with Crippen molar-refractivity contribution in [3.05, 3.63) is 28.7 Å². The lowest BCUT2D eigenvalue weighted by Gasteiger charge is -2.28. The number of carbonyl (C=O) groups is 1. The fourth-order valence-electron chi connectivity index (χ4n) is 2.98. The fourth-order valence-corrected chi connectivity index (χ4v) is 3.38. The molecule has 5 nitrogen and oxygen atoms in total. The number of amides is 1. The molecule has 0 spiro atoms. The van der Waals surface area contributed by atoms with E-state index in [1.807, 2.05) is 24.3 Å². The first kappa shape index (κ1) is 19.2. The zero-order chi connectivity index (χ0) is 17.4. The van der Waals surface area contributed by atoms with E-state index >= 15 is 0 Å². The molecule has 1 heterocycles. The minimum Gasteiger partial charge on any atom is -0.490 e. The highest BCUT2D eigenvalue weighted by atomic mass is 79.9. The van der Waals surface area contributed by atoms with Gasteiger partial charge in [-0.3, -0.25) is 4.79 Å². The Balaban J connectivity index is 1.64. The molecule has 1 aliphatic rings. The summed E-state index contributed by atoms with van der Waals surface area (Å²) in [6, 6.07) is 7.48. The number of piperidine rings is 1. The van der Waals surface area contributed by atoms with Crippen LogP contribution in [-0.4, -0.2) is 43.4 Å². The highest BCUT2D eigenvalue weighted by Gasteiger charge is 2.22. The molecule has 0 bridgehead atoms. The predicted molar refractivity (Wildman–Crippen MR) is 98.0 cm³/mol. The summed E-state index contributed by atoms with van der Waals surface area (Å²) in [4.78, 5) is 12.0. The van der Waals surface area contributed by atoms with Crippen molar-refractivity contribution in [1.29, 1.82) is 0 Å². The Hall–Kier alpha value is -1.11. The van der Waals surface area contributed by atoms with Gasteiger partial charge >= 0.3 is 0 Å². The van der Waals surface area contributed by atoms with Crippen LogP contribution in [0.4, 0.5) is 0 Å². The maximum absolute atomic E-state index is 12.0. The average Bonchev–Trinajstić information content (AvgIpc) is 2.60. The first-order chi connectivity index (χ1) is 11.6. The molecule has 1 amide bonds. The quantitative estimate of drug-likeness (QED) is 0.628. The van der Waals surface area contributed by atoms with Gasteiger partial charge in [0.05, 0.1) is 4.47 Å². The molecular formula is C18H27BrN2O3. The smallest absolute Gasteiger partial charge is 0.220 e. The van der Waals surface area contributed by atoms with Crippen LogP contribution in [0.5, 0.6) is 5.75 Å². The van der Waals surface area contributed by atoms with Crippen LogP contribution in [0.2, 0.25) is 0 Å². The number of carbonyl (C=O) groups excluding carboxylic acids is 1. The second-order valence-electron chi connectivity index (χ2n) is 6.47. The van der Waals surface area contributed by atoms with Crippen molar-refractivity contribution in [3.63, 3.8) is 0 Å². The van der Waals surface area contributed by atoms with Crippen LogP contribution in [-0.2, 0) is 4.79 Å². The lowest BCUT2D eigenvalue weighted by molar-refractivity contribution is -0.122. The van der Waals surface area contributed by atoms with E-state index in [0.29, 0.717) is 24.0 Å². The standard InChI is InChI=1S/C18H27BrN2O3/c1-13(14-6-8-20-9-7-14)10-18(23)21-11-15(22)12-24-17-5-3-2-4-16(17)19/h2-5,13-15,20,22H,6-12H2,1H3,(H,21,23). The molecule has 134 valence electrons. The molecule has 1 saturated heterocycles. The minimum atomic E-state index is -0.727. The summed E-state index contributed by atoms with van der Waals surface area (Å²) in [6.45, 7) is 4.58. The molecule has 1 aliphatic heterocycles. The van der Waals surface area contributed by atoms with Gasteiger partial charge in [-0.15, -0.1) is 0 Å². The molecule has 6 heteroatoms. The summed E-state index contributed by atoms with van der Waals surface area (Å²) in [5, 5.41) is 16.1. The van der Waals surface area contributed by atoms with E-state index in [-0.39, 0.29) is 19.1 Å². The van der Waals surface area contributed by atoms with Crippen molar-refractivity contribution in [2.75, 3.05) is 26.2 Å². The molecule has 24 heavy (non-hydrogen) atoms. The molecule has 1 fully saturated rings. The number of aliphatic hydroxyl groups excluding tert-OH is 1. The average molecular weight is 399 g/mol. The summed E-state index contributed by atoms with van der Waals surface area (Å²) in [6.07, 6.45) is 2.06. The first-order valence-corrected chi connectivity index (χ1v) is 9.38. The Kier molecular flexibility index (Phi) is 8.02. The van der Waals surface area contributed by atoms with Gasteiger partial charge in [0, 0.05) is 13.0 Å². The van der Waals surface area contributed by atoms with E-state index in [1.54, 1.807) is 0 Å². The van der Waals surface area contributed by atoms with Gasteiger partial charge in [0.1, 0.15) is 18.5 Å². The number of ether oxygens (including phenoxy) is 1. The van der Waals surface area contributed by atoms with Gasteiger partial charge < -0.3 is 20.5 Å². The van der Waals surface area contributed by atoms with Gasteiger partial charge in [-0.2, -0.15) is 0 Å². The topological polar surface area (TPSA) is 70.6 Å². The van der Waals surface area contributed by atoms with E-state index in [1.165, 1.54) is 0 Å². The van der Waals surface area contributed by atoms with Gasteiger partial charge in [-0.25, -0.2) is 0 Å². The van der Waals surface area contributed by atoms with Gasteiger partial charge in [0.15, 0.2) is 0 Å². The van der Waals surface area contributed by atoms with E-state index in [2.05, 4.69) is 33.5 Å². The van der Waals surface area contributed by atoms with Crippen LogP contribution >= 0.6 is 15.9 Å². The van der Waals surface area contributed by atoms with Crippen molar-refractivity contribution in [3.8, 4) is 5.75 Å². The number of halogens is 1. The maximum Gasteiger partial charge on any atom is 0.220 e. The number of hydrogen-bond donors (Lipinski definition) is 3. The number of aliphatic hydroxyl groups is 1. The molecule has 0 aromatic heterocycles. The zero-order valence-corrected chi connectivity index (χ0v) is 15.7. The van der Waals surface area contributed by atoms with Crippen molar-refractivity contribution < 1.29 is 14.6 Å². The molecule has 0 saturated carbocycles. The lowest BCUT2D eigenvalue weighted by Crippen LogP contribution is -2.37. The van der Waals surface area contributed by atoms with Crippen LogP contribution in [0.25, 0.3) is 0 Å². The van der Waals surface area contributed by atoms with E-state index in [0.717, 1.165) is 30.4 Å². The lowest BCUT2D eigenvalue weighted by atomic mass is 9.84. The summed E-state index contributed by atoms with van der Waals surface area (Å²) in [5.74, 6) is 1.67. The normalized spacial score (nSPS) is 18.0. The van der Waals surface area contributed by atoms with Gasteiger partial charge in [0.2, 0.25) is 5.91 Å². The largest absolute Gasteiger partial charge is 0.490 e. The zero-order valence-electron chi connectivity index (χ0n) is 14.1. The summed E-state index contributed by atoms with van der Waals surface area (Å²) in [7, 11) is 0. The van der Waals surface area contributed by atoms with Crippen LogP contribution in [0.1, 0.15) is 26.2 Å². The summed E-state index contributed by atoms with van der Waals surface area (Å²) >= 11 is 3.39. The Bertz CT molecular complexity index is 521. The van der Waals surface area contributed by atoms with Crippen molar-refractivity contribution in [2.24, 2.45) is 11.8 Å². The third-order valence-electron chi connectivity index (χ3n) is 4.50. The molecule has 2 atom stereocenters.